The van der Waals surface area contributed by atoms with Gasteiger partial charge in [-0.15, -0.1) is 0 Å². The summed E-state index contributed by atoms with van der Waals surface area (Å²) in [6.45, 7) is 3.23. The summed E-state index contributed by atoms with van der Waals surface area (Å²) in [4.78, 5) is 0. The lowest BCUT2D eigenvalue weighted by Gasteiger charge is -2.20. The van der Waals surface area contributed by atoms with E-state index < -0.39 is 10.0 Å². The molecule has 2 aromatic rings. The molecule has 3 nitrogen and oxygen atoms in total. The Kier molecular flexibility index (Phi) is 4.00. The minimum Gasteiger partial charge on any atom is -0.212 e. The molecule has 112 valence electrons. The largest absolute Gasteiger partial charge is 0.214 e. The fraction of sp³-hybridized carbons (Fsp3) is 0.412. The molecule has 0 amide bonds. The first-order valence-corrected chi connectivity index (χ1v) is 9.20. The monoisotopic (exact) mass is 303 g/mol. The van der Waals surface area contributed by atoms with Crippen molar-refractivity contribution in [1.82, 2.24) is 4.31 Å². The van der Waals surface area contributed by atoms with Crippen molar-refractivity contribution in [2.45, 2.75) is 32.7 Å². The van der Waals surface area contributed by atoms with Crippen LogP contribution in [0.5, 0.6) is 0 Å². The van der Waals surface area contributed by atoms with Crippen LogP contribution < -0.4 is 0 Å². The van der Waals surface area contributed by atoms with Crippen LogP contribution >= 0.6 is 0 Å². The van der Waals surface area contributed by atoms with Gasteiger partial charge in [-0.1, -0.05) is 49.7 Å². The van der Waals surface area contributed by atoms with Gasteiger partial charge in [0, 0.05) is 13.1 Å². The van der Waals surface area contributed by atoms with Gasteiger partial charge in [-0.25, -0.2) is 8.42 Å². The topological polar surface area (TPSA) is 37.4 Å². The average molecular weight is 303 g/mol. The van der Waals surface area contributed by atoms with E-state index in [9.17, 15) is 8.42 Å². The van der Waals surface area contributed by atoms with Gasteiger partial charge in [0.1, 0.15) is 0 Å². The van der Waals surface area contributed by atoms with Crippen molar-refractivity contribution in [2.75, 3.05) is 12.3 Å². The number of hydrogen-bond donors (Lipinski definition) is 0. The molecule has 0 saturated heterocycles. The maximum absolute atomic E-state index is 12.4. The highest BCUT2D eigenvalue weighted by molar-refractivity contribution is 7.89. The van der Waals surface area contributed by atoms with Crippen LogP contribution in [0.4, 0.5) is 0 Å². The van der Waals surface area contributed by atoms with E-state index >= 15 is 0 Å². The van der Waals surface area contributed by atoms with Crippen LogP contribution in [0.1, 0.15) is 30.9 Å². The number of unbranched alkanes of at least 4 members (excludes halogenated alkanes) is 1. The summed E-state index contributed by atoms with van der Waals surface area (Å²) in [7, 11) is -3.14. The van der Waals surface area contributed by atoms with Gasteiger partial charge in [0.2, 0.25) is 10.0 Å². The van der Waals surface area contributed by atoms with Gasteiger partial charge in [0.05, 0.1) is 5.75 Å². The Bertz CT molecular complexity index is 752. The van der Waals surface area contributed by atoms with E-state index in [0.717, 1.165) is 12.8 Å². The van der Waals surface area contributed by atoms with E-state index in [1.54, 1.807) is 4.31 Å². The molecule has 1 aliphatic rings. The molecular weight excluding hydrogens is 282 g/mol. The number of sulfonamides is 1. The van der Waals surface area contributed by atoms with Gasteiger partial charge in [-0.05, 0) is 34.7 Å². The van der Waals surface area contributed by atoms with E-state index in [-0.39, 0.29) is 5.75 Å². The fourth-order valence-electron chi connectivity index (χ4n) is 3.00. The lowest BCUT2D eigenvalue weighted by molar-refractivity contribution is 0.402. The van der Waals surface area contributed by atoms with Crippen molar-refractivity contribution in [2.24, 2.45) is 0 Å². The van der Waals surface area contributed by atoms with Crippen LogP contribution in [0.3, 0.4) is 0 Å². The first kappa shape index (κ1) is 14.5. The Labute approximate surface area is 126 Å². The van der Waals surface area contributed by atoms with Gasteiger partial charge < -0.3 is 0 Å². The highest BCUT2D eigenvalue weighted by Crippen LogP contribution is 2.28. The Hall–Kier alpha value is -1.39. The van der Waals surface area contributed by atoms with Crippen LogP contribution in [-0.2, 0) is 23.0 Å². The van der Waals surface area contributed by atoms with E-state index in [1.807, 2.05) is 12.1 Å². The van der Waals surface area contributed by atoms with Crippen LogP contribution in [0.15, 0.2) is 36.4 Å². The highest BCUT2D eigenvalue weighted by atomic mass is 32.2. The molecular formula is C17H21NO2S. The summed E-state index contributed by atoms with van der Waals surface area (Å²) >= 11 is 0. The predicted molar refractivity (Wildman–Crippen MR) is 86.8 cm³/mol. The number of benzene rings is 2. The van der Waals surface area contributed by atoms with Crippen LogP contribution in [0.2, 0.25) is 0 Å². The molecule has 21 heavy (non-hydrogen) atoms. The number of nitrogens with zero attached hydrogens (tertiary/aromatic N) is 1. The van der Waals surface area contributed by atoms with Gasteiger partial charge in [0.25, 0.3) is 0 Å². The van der Waals surface area contributed by atoms with Gasteiger partial charge in [-0.3, -0.25) is 0 Å². The molecule has 0 aliphatic carbocycles. The van der Waals surface area contributed by atoms with Crippen molar-refractivity contribution in [3.63, 3.8) is 0 Å². The Balaban J connectivity index is 2.08. The molecule has 3 rings (SSSR count). The smallest absolute Gasteiger partial charge is 0.212 e. The molecule has 0 N–H and O–H groups in total. The van der Waals surface area contributed by atoms with Crippen LogP contribution in [0, 0.1) is 0 Å². The predicted octanol–water partition coefficient (Wildman–Crippen LogP) is 3.33. The van der Waals surface area contributed by atoms with Crippen molar-refractivity contribution in [3.05, 3.63) is 47.5 Å². The number of aryl methyl sites for hydroxylation is 1. The zero-order valence-corrected chi connectivity index (χ0v) is 13.2. The van der Waals surface area contributed by atoms with Crippen molar-refractivity contribution in [3.8, 4) is 0 Å². The normalized spacial score (nSPS) is 18.3. The molecule has 4 heteroatoms. The van der Waals surface area contributed by atoms with E-state index in [4.69, 9.17) is 0 Å². The molecule has 2 aromatic carbocycles. The third-order valence-corrected chi connectivity index (χ3v) is 6.07. The second kappa shape index (κ2) is 5.78. The maximum atomic E-state index is 12.4. The summed E-state index contributed by atoms with van der Waals surface area (Å²) in [6.07, 6.45) is 2.54. The third-order valence-electron chi connectivity index (χ3n) is 4.26. The van der Waals surface area contributed by atoms with Crippen molar-refractivity contribution in [1.29, 1.82) is 0 Å². The lowest BCUT2D eigenvalue weighted by atomic mass is 9.97. The van der Waals surface area contributed by atoms with Gasteiger partial charge in [0.15, 0.2) is 0 Å². The average Bonchev–Trinajstić information content (AvgIpc) is 2.62. The third kappa shape index (κ3) is 2.83. The molecule has 1 aliphatic heterocycles. The minimum atomic E-state index is -3.14. The molecule has 0 saturated carbocycles. The summed E-state index contributed by atoms with van der Waals surface area (Å²) < 4.78 is 26.6. The molecule has 0 unspecified atom stereocenters. The molecule has 0 radical (unpaired) electrons. The summed E-state index contributed by atoms with van der Waals surface area (Å²) in [5.41, 5.74) is 2.36. The fourth-order valence-corrected chi connectivity index (χ4v) is 4.47. The summed E-state index contributed by atoms with van der Waals surface area (Å²) in [6, 6.07) is 12.4. The Morgan fingerprint density at radius 1 is 1.14 bits per heavy atom. The molecule has 0 aromatic heterocycles. The second-order valence-corrected chi connectivity index (χ2v) is 7.77. The Morgan fingerprint density at radius 3 is 2.76 bits per heavy atom. The quantitative estimate of drug-likeness (QED) is 0.872. The molecule has 1 heterocycles. The molecule has 0 fully saturated rings. The SMILES string of the molecule is CCCCN1Cc2c(ccc3ccccc23)CCS1(=O)=O. The van der Waals surface area contributed by atoms with Gasteiger partial charge in [-0.2, -0.15) is 4.31 Å². The number of fused-ring (bicyclic) bond motifs is 3. The zero-order chi connectivity index (χ0) is 14.9. The van der Waals surface area contributed by atoms with Crippen LogP contribution in [-0.4, -0.2) is 25.0 Å². The van der Waals surface area contributed by atoms with Crippen molar-refractivity contribution < 1.29 is 8.42 Å². The Morgan fingerprint density at radius 2 is 1.95 bits per heavy atom. The van der Waals surface area contributed by atoms with E-state index in [1.165, 1.54) is 21.9 Å². The van der Waals surface area contributed by atoms with E-state index in [0.29, 0.717) is 19.5 Å². The van der Waals surface area contributed by atoms with Crippen LogP contribution in [0.25, 0.3) is 10.8 Å². The first-order valence-electron chi connectivity index (χ1n) is 7.59. The zero-order valence-electron chi connectivity index (χ0n) is 12.4. The number of rotatable bonds is 3. The standard InChI is InChI=1S/C17H21NO2S/c1-2-3-11-18-13-17-15(10-12-21(18,19)20)9-8-14-6-4-5-7-16(14)17/h4-9H,2-3,10-13H2,1H3. The summed E-state index contributed by atoms with van der Waals surface area (Å²) in [5, 5.41) is 2.37. The minimum absolute atomic E-state index is 0.224. The highest BCUT2D eigenvalue weighted by Gasteiger charge is 2.27. The van der Waals surface area contributed by atoms with Crippen molar-refractivity contribution >= 4 is 20.8 Å². The molecule has 0 atom stereocenters. The second-order valence-electron chi connectivity index (χ2n) is 5.68. The summed E-state index contributed by atoms with van der Waals surface area (Å²) in [5.74, 6) is 0.224. The van der Waals surface area contributed by atoms with Gasteiger partial charge >= 0.3 is 0 Å². The molecule has 0 bridgehead atoms. The first-order chi connectivity index (χ1) is 10.1. The lowest BCUT2D eigenvalue weighted by Crippen LogP contribution is -2.32. The maximum Gasteiger partial charge on any atom is 0.214 e. The van der Waals surface area contributed by atoms with E-state index in [2.05, 4.69) is 31.2 Å². The number of hydrogen-bond acceptors (Lipinski definition) is 2. The molecule has 0 spiro atoms.